The molecule has 5 nitrogen and oxygen atoms in total. The Morgan fingerprint density at radius 2 is 1.50 bits per heavy atom. The number of aromatic nitrogens is 1. The molecule has 2 aromatic carbocycles. The second kappa shape index (κ2) is 7.93. The van der Waals surface area contributed by atoms with Crippen LogP contribution >= 0.6 is 15.9 Å². The van der Waals surface area contributed by atoms with E-state index in [-0.39, 0.29) is 11.4 Å². The Bertz CT molecular complexity index is 1060. The number of carbonyl (C=O) groups is 2. The van der Waals surface area contributed by atoms with Crippen molar-refractivity contribution in [2.75, 3.05) is 0 Å². The summed E-state index contributed by atoms with van der Waals surface area (Å²) in [7, 11) is 0. The highest BCUT2D eigenvalue weighted by Gasteiger charge is 2.18. The average Bonchev–Trinajstić information content (AvgIpc) is 2.96. The quantitative estimate of drug-likeness (QED) is 0.590. The van der Waals surface area contributed by atoms with Gasteiger partial charge >= 0.3 is 0 Å². The van der Waals surface area contributed by atoms with Crippen LogP contribution in [0.15, 0.2) is 53.0 Å². The molecule has 28 heavy (non-hydrogen) atoms. The third-order valence-corrected chi connectivity index (χ3v) is 4.72. The molecule has 0 radical (unpaired) electrons. The lowest BCUT2D eigenvalue weighted by Gasteiger charge is -2.11. The third kappa shape index (κ3) is 3.96. The summed E-state index contributed by atoms with van der Waals surface area (Å²) in [6.07, 6.45) is 0. The first-order chi connectivity index (χ1) is 13.3. The molecule has 144 valence electrons. The molecule has 0 atom stereocenters. The average molecular weight is 448 g/mol. The number of benzene rings is 2. The number of aryl methyl sites for hydroxylation is 1. The molecule has 0 unspecified atom stereocenters. The molecule has 3 rings (SSSR count). The highest BCUT2D eigenvalue weighted by Crippen LogP contribution is 2.21. The minimum absolute atomic E-state index is 0.202. The van der Waals surface area contributed by atoms with E-state index in [0.717, 1.165) is 11.8 Å². The zero-order valence-corrected chi connectivity index (χ0v) is 16.6. The highest BCUT2D eigenvalue weighted by molar-refractivity contribution is 9.10. The summed E-state index contributed by atoms with van der Waals surface area (Å²) in [4.78, 5) is 24.6. The van der Waals surface area contributed by atoms with Crippen LogP contribution in [0.5, 0.6) is 0 Å². The number of carbonyl (C=O) groups excluding carboxylic acids is 2. The van der Waals surface area contributed by atoms with Crippen molar-refractivity contribution < 1.29 is 18.4 Å². The van der Waals surface area contributed by atoms with Gasteiger partial charge in [-0.3, -0.25) is 20.4 Å². The number of nitrogens with zero attached hydrogens (tertiary/aromatic N) is 1. The smallest absolute Gasteiger partial charge is 0.272 e. The largest absolute Gasteiger partial charge is 0.318 e. The summed E-state index contributed by atoms with van der Waals surface area (Å²) >= 11 is 3.17. The van der Waals surface area contributed by atoms with Gasteiger partial charge in [0.1, 0.15) is 11.6 Å². The number of hydrogen-bond acceptors (Lipinski definition) is 2. The number of hydrazine groups is 1. The van der Waals surface area contributed by atoms with E-state index in [1.165, 1.54) is 24.3 Å². The van der Waals surface area contributed by atoms with Crippen LogP contribution in [0.25, 0.3) is 5.69 Å². The minimum Gasteiger partial charge on any atom is -0.318 e. The Balaban J connectivity index is 1.78. The van der Waals surface area contributed by atoms with E-state index in [1.54, 1.807) is 29.7 Å². The SMILES string of the molecule is Cc1cc(C(=O)NNC(=O)c2cc(Br)ccc2F)c(C)n1-c1ccc(F)cc1. The molecule has 1 heterocycles. The molecule has 0 fully saturated rings. The number of hydrogen-bond donors (Lipinski definition) is 2. The topological polar surface area (TPSA) is 63.1 Å². The number of amides is 2. The van der Waals surface area contributed by atoms with Crippen molar-refractivity contribution in [3.05, 3.63) is 87.2 Å². The van der Waals surface area contributed by atoms with Crippen molar-refractivity contribution in [2.24, 2.45) is 0 Å². The number of nitrogens with one attached hydrogen (secondary N) is 2. The van der Waals surface area contributed by atoms with Crippen LogP contribution in [0.1, 0.15) is 32.1 Å². The molecular weight excluding hydrogens is 432 g/mol. The summed E-state index contributed by atoms with van der Waals surface area (Å²) in [5, 5.41) is 0. The lowest BCUT2D eigenvalue weighted by Crippen LogP contribution is -2.42. The van der Waals surface area contributed by atoms with Crippen molar-refractivity contribution in [1.82, 2.24) is 15.4 Å². The molecule has 1 aromatic heterocycles. The maximum Gasteiger partial charge on any atom is 0.272 e. The molecule has 0 aliphatic heterocycles. The Hall–Kier alpha value is -3.00. The molecule has 0 spiro atoms. The van der Waals surface area contributed by atoms with Gasteiger partial charge in [0.25, 0.3) is 11.8 Å². The van der Waals surface area contributed by atoms with Gasteiger partial charge in [-0.2, -0.15) is 0 Å². The maximum atomic E-state index is 13.8. The monoisotopic (exact) mass is 447 g/mol. The summed E-state index contributed by atoms with van der Waals surface area (Å²) < 4.78 is 29.3. The zero-order chi connectivity index (χ0) is 20.4. The van der Waals surface area contributed by atoms with Gasteiger partial charge in [-0.15, -0.1) is 0 Å². The highest BCUT2D eigenvalue weighted by atomic mass is 79.9. The van der Waals surface area contributed by atoms with E-state index in [0.29, 0.717) is 21.4 Å². The summed E-state index contributed by atoms with van der Waals surface area (Å²) in [6, 6.07) is 11.5. The fourth-order valence-corrected chi connectivity index (χ4v) is 3.26. The van der Waals surface area contributed by atoms with Gasteiger partial charge in [0, 0.05) is 21.5 Å². The van der Waals surface area contributed by atoms with Crippen molar-refractivity contribution in [3.63, 3.8) is 0 Å². The van der Waals surface area contributed by atoms with Crippen LogP contribution < -0.4 is 10.9 Å². The fraction of sp³-hybridized carbons (Fsp3) is 0.100. The van der Waals surface area contributed by atoms with Gasteiger partial charge in [0.2, 0.25) is 0 Å². The van der Waals surface area contributed by atoms with Crippen LogP contribution in [-0.2, 0) is 0 Å². The molecular formula is C20H16BrF2N3O2. The third-order valence-electron chi connectivity index (χ3n) is 4.22. The molecule has 2 amide bonds. The molecule has 8 heteroatoms. The summed E-state index contributed by atoms with van der Waals surface area (Å²) in [5.41, 5.74) is 6.71. The zero-order valence-electron chi connectivity index (χ0n) is 15.0. The minimum atomic E-state index is -0.778. The van der Waals surface area contributed by atoms with Gasteiger partial charge in [0.05, 0.1) is 11.1 Å². The van der Waals surface area contributed by atoms with Gasteiger partial charge < -0.3 is 4.57 Å². The Morgan fingerprint density at radius 1 is 0.893 bits per heavy atom. The van der Waals surface area contributed by atoms with Crippen LogP contribution in [0.2, 0.25) is 0 Å². The van der Waals surface area contributed by atoms with Gasteiger partial charge in [0.15, 0.2) is 0 Å². The normalized spacial score (nSPS) is 10.6. The standard InChI is InChI=1S/C20H16BrF2N3O2/c1-11-9-16(12(2)26(11)15-6-4-14(22)5-7-15)19(27)24-25-20(28)17-10-13(21)3-8-18(17)23/h3-10H,1-2H3,(H,24,27)(H,25,28). The van der Waals surface area contributed by atoms with Gasteiger partial charge in [-0.25, -0.2) is 8.78 Å². The van der Waals surface area contributed by atoms with E-state index >= 15 is 0 Å². The van der Waals surface area contributed by atoms with Crippen LogP contribution in [0.3, 0.4) is 0 Å². The fourth-order valence-electron chi connectivity index (χ4n) is 2.90. The second-order valence-electron chi connectivity index (χ2n) is 6.13. The summed E-state index contributed by atoms with van der Waals surface area (Å²) in [6.45, 7) is 3.55. The number of halogens is 3. The molecule has 3 aromatic rings. The molecule has 0 saturated heterocycles. The lowest BCUT2D eigenvalue weighted by atomic mass is 10.2. The van der Waals surface area contributed by atoms with Gasteiger partial charge in [-0.1, -0.05) is 15.9 Å². The van der Waals surface area contributed by atoms with Crippen molar-refractivity contribution in [2.45, 2.75) is 13.8 Å². The maximum absolute atomic E-state index is 13.8. The first kappa shape index (κ1) is 19.8. The predicted octanol–water partition coefficient (Wildman–Crippen LogP) is 4.21. The Kier molecular flexibility index (Phi) is 5.60. The summed E-state index contributed by atoms with van der Waals surface area (Å²) in [5.74, 6) is -2.39. The number of rotatable bonds is 3. The molecule has 0 bridgehead atoms. The van der Waals surface area contributed by atoms with Gasteiger partial charge in [-0.05, 0) is 62.4 Å². The Morgan fingerprint density at radius 3 is 2.14 bits per heavy atom. The van der Waals surface area contributed by atoms with E-state index in [1.807, 2.05) is 6.92 Å². The molecule has 2 N–H and O–H groups in total. The predicted molar refractivity (Wildman–Crippen MR) is 104 cm³/mol. The van der Waals surface area contributed by atoms with E-state index < -0.39 is 17.6 Å². The van der Waals surface area contributed by atoms with Crippen LogP contribution in [0, 0.1) is 25.5 Å². The van der Waals surface area contributed by atoms with E-state index in [9.17, 15) is 18.4 Å². The first-order valence-corrected chi connectivity index (χ1v) is 9.08. The first-order valence-electron chi connectivity index (χ1n) is 8.28. The molecule has 0 aliphatic rings. The molecule has 0 saturated carbocycles. The van der Waals surface area contributed by atoms with Crippen molar-refractivity contribution in [1.29, 1.82) is 0 Å². The van der Waals surface area contributed by atoms with E-state index in [4.69, 9.17) is 0 Å². The lowest BCUT2D eigenvalue weighted by molar-refractivity contribution is 0.0844. The van der Waals surface area contributed by atoms with Crippen LogP contribution in [-0.4, -0.2) is 16.4 Å². The van der Waals surface area contributed by atoms with Crippen molar-refractivity contribution in [3.8, 4) is 5.69 Å². The second-order valence-corrected chi connectivity index (χ2v) is 7.04. The molecule has 0 aliphatic carbocycles. The van der Waals surface area contributed by atoms with Crippen molar-refractivity contribution >= 4 is 27.7 Å². The van der Waals surface area contributed by atoms with Crippen LogP contribution in [0.4, 0.5) is 8.78 Å². The Labute approximate surface area is 168 Å². The van der Waals surface area contributed by atoms with E-state index in [2.05, 4.69) is 26.8 Å².